The number of nitrogens with zero attached hydrogens (tertiary/aromatic N) is 1. The van der Waals surface area contributed by atoms with E-state index in [1.807, 2.05) is 0 Å². The molecule has 3 amide bonds. The number of carboxylic acids is 1. The Bertz CT molecular complexity index is 951. The molecule has 0 aromatic heterocycles. The van der Waals surface area contributed by atoms with Crippen LogP contribution in [0.4, 0.5) is 0 Å². The number of phenolic OH excluding ortho intramolecular Hbond substituents is 1. The van der Waals surface area contributed by atoms with Crippen molar-refractivity contribution in [1.82, 2.24) is 16.0 Å². The van der Waals surface area contributed by atoms with Crippen molar-refractivity contribution in [2.75, 3.05) is 13.2 Å². The number of phenols is 1. The number of guanidine groups is 1. The SMILES string of the molecule is CC(O)C(N)C(=O)NC(Cc1ccc(O)cc1)C(=O)NC(CCCN=C(N)N)C(=O)NC(CO)C(=O)O. The summed E-state index contributed by atoms with van der Waals surface area (Å²) in [6.45, 7) is 0.532. The smallest absolute Gasteiger partial charge is 0.328 e. The van der Waals surface area contributed by atoms with Crippen LogP contribution in [0, 0.1) is 0 Å². The Kier molecular flexibility index (Phi) is 12.8. The molecule has 5 atom stereocenters. The highest BCUT2D eigenvalue weighted by atomic mass is 16.4. The second-order valence-electron chi connectivity index (χ2n) is 8.29. The van der Waals surface area contributed by atoms with Crippen molar-refractivity contribution in [2.24, 2.45) is 22.2 Å². The third-order valence-electron chi connectivity index (χ3n) is 5.21. The first-order valence-electron chi connectivity index (χ1n) is 11.4. The molecule has 0 heterocycles. The van der Waals surface area contributed by atoms with Crippen molar-refractivity contribution in [3.05, 3.63) is 29.8 Å². The Hall–Kier alpha value is -3.95. The molecule has 15 heteroatoms. The van der Waals surface area contributed by atoms with Gasteiger partial charge < -0.3 is 53.6 Å². The molecule has 206 valence electrons. The van der Waals surface area contributed by atoms with Gasteiger partial charge in [-0.1, -0.05) is 12.1 Å². The van der Waals surface area contributed by atoms with Crippen LogP contribution in [-0.2, 0) is 25.6 Å². The maximum absolute atomic E-state index is 13.2. The summed E-state index contributed by atoms with van der Waals surface area (Å²) in [7, 11) is 0. The molecule has 15 nitrogen and oxygen atoms in total. The van der Waals surface area contributed by atoms with Crippen molar-refractivity contribution in [2.45, 2.75) is 56.5 Å². The van der Waals surface area contributed by atoms with Crippen LogP contribution in [0.25, 0.3) is 0 Å². The molecule has 13 N–H and O–H groups in total. The number of aliphatic hydroxyl groups is 2. The van der Waals surface area contributed by atoms with Crippen LogP contribution in [0.3, 0.4) is 0 Å². The fourth-order valence-electron chi connectivity index (χ4n) is 3.07. The van der Waals surface area contributed by atoms with Crippen LogP contribution < -0.4 is 33.2 Å². The molecule has 0 aliphatic carbocycles. The average molecular weight is 526 g/mol. The molecule has 1 aromatic rings. The normalized spacial score (nSPS) is 14.8. The van der Waals surface area contributed by atoms with Crippen LogP contribution in [0.5, 0.6) is 5.75 Å². The van der Waals surface area contributed by atoms with E-state index in [2.05, 4.69) is 20.9 Å². The Morgan fingerprint density at radius 1 is 0.946 bits per heavy atom. The van der Waals surface area contributed by atoms with Crippen molar-refractivity contribution in [3.8, 4) is 5.75 Å². The first kappa shape index (κ1) is 31.1. The fraction of sp³-hybridized carbons (Fsp3) is 0.500. The van der Waals surface area contributed by atoms with E-state index in [0.29, 0.717) is 5.56 Å². The Morgan fingerprint density at radius 3 is 2.00 bits per heavy atom. The van der Waals surface area contributed by atoms with Crippen LogP contribution in [0.2, 0.25) is 0 Å². The molecule has 0 bridgehead atoms. The van der Waals surface area contributed by atoms with Gasteiger partial charge in [-0.05, 0) is 37.5 Å². The molecule has 1 aromatic carbocycles. The van der Waals surface area contributed by atoms with Crippen molar-refractivity contribution in [1.29, 1.82) is 0 Å². The lowest BCUT2D eigenvalue weighted by molar-refractivity contribution is -0.143. The zero-order chi connectivity index (χ0) is 28.1. The first-order valence-corrected chi connectivity index (χ1v) is 11.4. The summed E-state index contributed by atoms with van der Waals surface area (Å²) >= 11 is 0. The van der Waals surface area contributed by atoms with Gasteiger partial charge in [-0.3, -0.25) is 19.4 Å². The van der Waals surface area contributed by atoms with E-state index >= 15 is 0 Å². The van der Waals surface area contributed by atoms with E-state index < -0.39 is 60.6 Å². The van der Waals surface area contributed by atoms with Crippen molar-refractivity contribution in [3.63, 3.8) is 0 Å². The quantitative estimate of drug-likeness (QED) is 0.0602. The molecule has 1 rings (SSSR count). The summed E-state index contributed by atoms with van der Waals surface area (Å²) < 4.78 is 0. The van der Waals surface area contributed by atoms with E-state index in [0.717, 1.165) is 0 Å². The lowest BCUT2D eigenvalue weighted by Gasteiger charge is -2.25. The predicted octanol–water partition coefficient (Wildman–Crippen LogP) is -3.77. The van der Waals surface area contributed by atoms with E-state index in [4.69, 9.17) is 22.3 Å². The van der Waals surface area contributed by atoms with E-state index in [1.165, 1.54) is 31.2 Å². The van der Waals surface area contributed by atoms with E-state index in [-0.39, 0.29) is 37.5 Å². The number of benzene rings is 1. The van der Waals surface area contributed by atoms with Gasteiger partial charge in [0, 0.05) is 13.0 Å². The highest BCUT2D eigenvalue weighted by Crippen LogP contribution is 2.12. The topological polar surface area (TPSA) is 276 Å². The van der Waals surface area contributed by atoms with Crippen LogP contribution >= 0.6 is 0 Å². The maximum atomic E-state index is 13.2. The van der Waals surface area contributed by atoms with Gasteiger partial charge in [0.1, 0.15) is 29.9 Å². The first-order chi connectivity index (χ1) is 17.3. The van der Waals surface area contributed by atoms with Gasteiger partial charge in [-0.2, -0.15) is 0 Å². The average Bonchev–Trinajstić information content (AvgIpc) is 2.83. The number of carboxylic acid groups (broad SMARTS) is 1. The van der Waals surface area contributed by atoms with Crippen LogP contribution in [0.15, 0.2) is 29.3 Å². The van der Waals surface area contributed by atoms with Gasteiger partial charge in [-0.25, -0.2) is 4.79 Å². The largest absolute Gasteiger partial charge is 0.508 e. The minimum absolute atomic E-state index is 0.0145. The van der Waals surface area contributed by atoms with Crippen LogP contribution in [0.1, 0.15) is 25.3 Å². The number of aliphatic carboxylic acids is 1. The molecule has 0 aliphatic heterocycles. The molecular weight excluding hydrogens is 490 g/mol. The standard InChI is InChI=1S/C22H35N7O8/c1-11(31)17(23)20(35)28-15(9-12-4-6-13(32)7-5-12)19(34)27-14(3-2-8-26-22(24)25)18(33)29-16(10-30)21(36)37/h4-7,11,14-17,30-32H,2-3,8-10,23H2,1H3,(H,27,34)(H,28,35)(H,29,33)(H,36,37)(H4,24,25,26). The summed E-state index contributed by atoms with van der Waals surface area (Å²) in [6.07, 6.45) is -1.08. The second kappa shape index (κ2) is 15.2. The second-order valence-corrected chi connectivity index (χ2v) is 8.29. The summed E-state index contributed by atoms with van der Waals surface area (Å²) in [5.41, 5.74) is 16.8. The predicted molar refractivity (Wildman–Crippen MR) is 132 cm³/mol. The lowest BCUT2D eigenvalue weighted by Crippen LogP contribution is -2.58. The minimum Gasteiger partial charge on any atom is -0.508 e. The zero-order valence-electron chi connectivity index (χ0n) is 20.3. The Morgan fingerprint density at radius 2 is 1.49 bits per heavy atom. The van der Waals surface area contributed by atoms with Crippen LogP contribution in [-0.4, -0.2) is 93.5 Å². The number of rotatable bonds is 15. The number of nitrogens with two attached hydrogens (primary N) is 3. The summed E-state index contributed by atoms with van der Waals surface area (Å²) in [4.78, 5) is 53.4. The van der Waals surface area contributed by atoms with Crippen molar-refractivity contribution < 1.29 is 39.6 Å². The van der Waals surface area contributed by atoms with E-state index in [1.54, 1.807) is 0 Å². The number of nitrogens with one attached hydrogen (secondary N) is 3. The zero-order valence-corrected chi connectivity index (χ0v) is 20.3. The van der Waals surface area contributed by atoms with Gasteiger partial charge in [-0.15, -0.1) is 0 Å². The molecule has 0 saturated heterocycles. The summed E-state index contributed by atoms with van der Waals surface area (Å²) in [6, 6.07) is 0.324. The van der Waals surface area contributed by atoms with Crippen molar-refractivity contribution >= 4 is 29.7 Å². The number of hydrogen-bond acceptors (Lipinski definition) is 9. The number of aliphatic hydroxyl groups excluding tert-OH is 2. The molecule has 5 unspecified atom stereocenters. The molecule has 0 saturated carbocycles. The van der Waals surface area contributed by atoms with Gasteiger partial charge in [0.2, 0.25) is 17.7 Å². The van der Waals surface area contributed by atoms with Gasteiger partial charge in [0.25, 0.3) is 0 Å². The highest BCUT2D eigenvalue weighted by Gasteiger charge is 2.31. The molecular formula is C22H35N7O8. The highest BCUT2D eigenvalue weighted by molar-refractivity contribution is 5.94. The number of aromatic hydroxyl groups is 1. The van der Waals surface area contributed by atoms with Gasteiger partial charge in [0.15, 0.2) is 5.96 Å². The Labute approximate surface area is 213 Å². The summed E-state index contributed by atoms with van der Waals surface area (Å²) in [5.74, 6) is -4.20. The summed E-state index contributed by atoms with van der Waals surface area (Å²) in [5, 5.41) is 44.5. The fourth-order valence-corrected chi connectivity index (χ4v) is 3.07. The number of carbonyl (C=O) groups excluding carboxylic acids is 3. The number of hydrogen-bond donors (Lipinski definition) is 10. The van der Waals surface area contributed by atoms with Gasteiger partial charge >= 0.3 is 5.97 Å². The van der Waals surface area contributed by atoms with E-state index in [9.17, 15) is 34.5 Å². The molecule has 0 radical (unpaired) electrons. The number of carbonyl (C=O) groups is 4. The Balaban J connectivity index is 3.14. The monoisotopic (exact) mass is 525 g/mol. The minimum atomic E-state index is -1.61. The third kappa shape index (κ3) is 11.1. The molecule has 0 spiro atoms. The third-order valence-corrected chi connectivity index (χ3v) is 5.21. The number of amides is 3. The molecule has 0 fully saturated rings. The lowest BCUT2D eigenvalue weighted by atomic mass is 10.0. The number of aliphatic imine (C=N–C) groups is 1. The molecule has 37 heavy (non-hydrogen) atoms. The molecule has 0 aliphatic rings. The van der Waals surface area contributed by atoms with Gasteiger partial charge in [0.05, 0.1) is 12.7 Å². The maximum Gasteiger partial charge on any atom is 0.328 e.